The lowest BCUT2D eigenvalue weighted by Crippen LogP contribution is -2.12. The summed E-state index contributed by atoms with van der Waals surface area (Å²) in [6.45, 7) is 2.24. The van der Waals surface area contributed by atoms with Crippen molar-refractivity contribution in [3.05, 3.63) is 90.1 Å². The third kappa shape index (κ3) is 7.81. The maximum atomic E-state index is 12.7. The predicted octanol–water partition coefficient (Wildman–Crippen LogP) is 7.95. The molecule has 0 saturated heterocycles. The molecule has 3 heteroatoms. The topological polar surface area (TPSA) is 42.0 Å². The number of pyridine rings is 1. The number of fused-ring (bicyclic) bond motifs is 1. The van der Waals surface area contributed by atoms with Crippen LogP contribution in [0.15, 0.2) is 84.6 Å². The average molecular weight is 427 g/mol. The first kappa shape index (κ1) is 23.5. The van der Waals surface area contributed by atoms with Gasteiger partial charge in [-0.05, 0) is 43.4 Å². The number of carbonyl (C=O) groups excluding carboxylic acids is 1. The van der Waals surface area contributed by atoms with E-state index < -0.39 is 0 Å². The van der Waals surface area contributed by atoms with Crippen LogP contribution in [0.4, 0.5) is 5.69 Å². The Labute approximate surface area is 192 Å². The summed E-state index contributed by atoms with van der Waals surface area (Å²) in [4.78, 5) is 17.1. The van der Waals surface area contributed by atoms with Gasteiger partial charge in [-0.25, -0.2) is 0 Å². The lowest BCUT2D eigenvalue weighted by molar-refractivity contribution is -0.116. The lowest BCUT2D eigenvalue weighted by atomic mass is 10.0. The molecule has 0 radical (unpaired) electrons. The van der Waals surface area contributed by atoms with Gasteiger partial charge in [-0.3, -0.25) is 9.78 Å². The molecule has 0 spiro atoms. The molecular weight excluding hydrogens is 392 g/mol. The highest BCUT2D eigenvalue weighted by Gasteiger charge is 2.08. The summed E-state index contributed by atoms with van der Waals surface area (Å²) in [6.07, 6.45) is 16.9. The first-order chi connectivity index (χ1) is 15.8. The largest absolute Gasteiger partial charge is 0.324 e. The highest BCUT2D eigenvalue weighted by Crippen LogP contribution is 2.22. The van der Waals surface area contributed by atoms with Crippen molar-refractivity contribution in [1.29, 1.82) is 0 Å². The van der Waals surface area contributed by atoms with Gasteiger partial charge in [0.25, 0.3) is 0 Å². The highest BCUT2D eigenvalue weighted by atomic mass is 16.1. The summed E-state index contributed by atoms with van der Waals surface area (Å²) in [7, 11) is 0. The van der Waals surface area contributed by atoms with Gasteiger partial charge < -0.3 is 5.32 Å². The van der Waals surface area contributed by atoms with E-state index in [4.69, 9.17) is 0 Å². The van der Waals surface area contributed by atoms with Gasteiger partial charge in [0, 0.05) is 18.0 Å². The van der Waals surface area contributed by atoms with E-state index in [1.54, 1.807) is 6.20 Å². The molecule has 32 heavy (non-hydrogen) atoms. The first-order valence-corrected chi connectivity index (χ1v) is 11.8. The van der Waals surface area contributed by atoms with Gasteiger partial charge in [-0.15, -0.1) is 0 Å². The van der Waals surface area contributed by atoms with E-state index in [1.807, 2.05) is 48.5 Å². The van der Waals surface area contributed by atoms with Crippen molar-refractivity contribution in [2.75, 3.05) is 5.32 Å². The number of carbonyl (C=O) groups is 1. The molecule has 0 fully saturated rings. The quantitative estimate of drug-likeness (QED) is 0.236. The van der Waals surface area contributed by atoms with Crippen LogP contribution in [0.1, 0.15) is 63.9 Å². The van der Waals surface area contributed by atoms with Crippen molar-refractivity contribution >= 4 is 28.6 Å². The molecule has 0 atom stereocenters. The summed E-state index contributed by atoms with van der Waals surface area (Å²) in [6, 6.07) is 20.1. The van der Waals surface area contributed by atoms with E-state index >= 15 is 0 Å². The number of hydrogen-bond donors (Lipinski definition) is 1. The SMILES string of the molecule is CCCCCCC=CC/C(=C/c1ccccc1)CCC(=O)Nc1cccc2cccnc12. The minimum absolute atomic E-state index is 0.0191. The molecule has 2 aromatic carbocycles. The van der Waals surface area contributed by atoms with Crippen molar-refractivity contribution in [1.82, 2.24) is 4.98 Å². The van der Waals surface area contributed by atoms with Gasteiger partial charge in [-0.1, -0.05) is 98.5 Å². The summed E-state index contributed by atoms with van der Waals surface area (Å²) in [5.74, 6) is 0.0191. The summed E-state index contributed by atoms with van der Waals surface area (Å²) >= 11 is 0. The Bertz CT molecular complexity index is 1030. The summed E-state index contributed by atoms with van der Waals surface area (Å²) in [5.41, 5.74) is 4.05. The van der Waals surface area contributed by atoms with E-state index in [1.165, 1.54) is 36.8 Å². The summed E-state index contributed by atoms with van der Waals surface area (Å²) in [5, 5.41) is 4.08. The van der Waals surface area contributed by atoms with Crippen LogP contribution < -0.4 is 5.32 Å². The second kappa shape index (κ2) is 13.3. The number of allylic oxidation sites excluding steroid dienone is 3. The third-order valence-electron chi connectivity index (χ3n) is 5.52. The number of nitrogens with one attached hydrogen (secondary N) is 1. The second-order valence-corrected chi connectivity index (χ2v) is 8.17. The Morgan fingerprint density at radius 1 is 0.906 bits per heavy atom. The standard InChI is InChI=1S/C29H34N2O/c1-2-3-4-5-6-7-9-16-25(23-24-14-10-8-11-15-24)20-21-28(32)31-27-19-12-17-26-18-13-22-30-29(26)27/h7-15,17-19,22-23H,2-6,16,20-21H2,1H3,(H,31,32)/b9-7?,25-23-. The fourth-order valence-corrected chi connectivity index (χ4v) is 3.75. The van der Waals surface area contributed by atoms with Crippen molar-refractivity contribution in [2.24, 2.45) is 0 Å². The Morgan fingerprint density at radius 3 is 2.59 bits per heavy atom. The molecule has 3 aromatic rings. The molecule has 0 unspecified atom stereocenters. The van der Waals surface area contributed by atoms with Crippen molar-refractivity contribution in [3.8, 4) is 0 Å². The molecule has 3 rings (SSSR count). The molecule has 0 bridgehead atoms. The number of aromatic nitrogens is 1. The van der Waals surface area contributed by atoms with Crippen molar-refractivity contribution in [3.63, 3.8) is 0 Å². The molecule has 1 heterocycles. The van der Waals surface area contributed by atoms with E-state index in [0.29, 0.717) is 6.42 Å². The third-order valence-corrected chi connectivity index (χ3v) is 5.52. The number of para-hydroxylation sites is 1. The van der Waals surface area contributed by atoms with Gasteiger partial charge in [0.05, 0.1) is 11.2 Å². The van der Waals surface area contributed by atoms with Crippen LogP contribution in [-0.2, 0) is 4.79 Å². The smallest absolute Gasteiger partial charge is 0.224 e. The molecule has 0 saturated carbocycles. The number of amides is 1. The molecule has 0 aliphatic carbocycles. The van der Waals surface area contributed by atoms with Crippen LogP contribution in [-0.4, -0.2) is 10.9 Å². The fourth-order valence-electron chi connectivity index (χ4n) is 3.75. The Morgan fingerprint density at radius 2 is 1.75 bits per heavy atom. The maximum Gasteiger partial charge on any atom is 0.224 e. The van der Waals surface area contributed by atoms with Gasteiger partial charge in [0.2, 0.25) is 5.91 Å². The van der Waals surface area contributed by atoms with Crippen LogP contribution >= 0.6 is 0 Å². The zero-order chi connectivity index (χ0) is 22.4. The normalized spacial score (nSPS) is 11.8. The Hall–Kier alpha value is -3.20. The number of hydrogen-bond acceptors (Lipinski definition) is 2. The molecule has 1 aromatic heterocycles. The molecule has 1 N–H and O–H groups in total. The lowest BCUT2D eigenvalue weighted by Gasteiger charge is -2.09. The molecule has 0 aliphatic heterocycles. The minimum atomic E-state index is 0.0191. The fraction of sp³-hybridized carbons (Fsp3) is 0.310. The van der Waals surface area contributed by atoms with Gasteiger partial charge >= 0.3 is 0 Å². The van der Waals surface area contributed by atoms with Crippen LogP contribution in [0.2, 0.25) is 0 Å². The molecule has 3 nitrogen and oxygen atoms in total. The van der Waals surface area contributed by atoms with Crippen molar-refractivity contribution < 1.29 is 4.79 Å². The Kier molecular flexibility index (Phi) is 9.72. The van der Waals surface area contributed by atoms with Crippen LogP contribution in [0.3, 0.4) is 0 Å². The number of nitrogens with zero attached hydrogens (tertiary/aromatic N) is 1. The average Bonchev–Trinajstić information content (AvgIpc) is 2.82. The maximum absolute atomic E-state index is 12.7. The Balaban J connectivity index is 1.59. The first-order valence-electron chi connectivity index (χ1n) is 11.8. The minimum Gasteiger partial charge on any atom is -0.324 e. The van der Waals surface area contributed by atoms with Gasteiger partial charge in [0.1, 0.15) is 0 Å². The van der Waals surface area contributed by atoms with Crippen molar-refractivity contribution in [2.45, 2.75) is 58.3 Å². The van der Waals surface area contributed by atoms with E-state index in [9.17, 15) is 4.79 Å². The molecule has 0 aliphatic rings. The zero-order valence-electron chi connectivity index (χ0n) is 19.1. The number of anilines is 1. The van der Waals surface area contributed by atoms with Crippen LogP contribution in [0.25, 0.3) is 17.0 Å². The van der Waals surface area contributed by atoms with E-state index in [2.05, 4.69) is 47.6 Å². The number of unbranched alkanes of at least 4 members (excludes halogenated alkanes) is 4. The number of rotatable bonds is 12. The van der Waals surface area contributed by atoms with E-state index in [-0.39, 0.29) is 5.91 Å². The summed E-state index contributed by atoms with van der Waals surface area (Å²) < 4.78 is 0. The van der Waals surface area contributed by atoms with Crippen LogP contribution in [0.5, 0.6) is 0 Å². The number of benzene rings is 2. The zero-order valence-corrected chi connectivity index (χ0v) is 19.1. The molecular formula is C29H34N2O. The molecule has 166 valence electrons. The predicted molar refractivity (Wildman–Crippen MR) is 137 cm³/mol. The highest BCUT2D eigenvalue weighted by molar-refractivity contribution is 6.00. The van der Waals surface area contributed by atoms with Gasteiger partial charge in [0.15, 0.2) is 0 Å². The van der Waals surface area contributed by atoms with Crippen LogP contribution in [0, 0.1) is 0 Å². The van der Waals surface area contributed by atoms with E-state index in [0.717, 1.165) is 35.9 Å². The monoisotopic (exact) mass is 426 g/mol. The molecule has 1 amide bonds. The second-order valence-electron chi connectivity index (χ2n) is 8.17. The van der Waals surface area contributed by atoms with Gasteiger partial charge in [-0.2, -0.15) is 0 Å².